The molecular weight excluding hydrogens is 348 g/mol. The molecule has 0 radical (unpaired) electrons. The van der Waals surface area contributed by atoms with Crippen LogP contribution >= 0.6 is 0 Å². The maximum absolute atomic E-state index is 12.4. The number of carbonyl (C=O) groups is 1. The predicted molar refractivity (Wildman–Crippen MR) is 112 cm³/mol. The molecule has 1 amide bonds. The Morgan fingerprint density at radius 1 is 1.14 bits per heavy atom. The Hall–Kier alpha value is -3.32. The van der Waals surface area contributed by atoms with Crippen LogP contribution in [0.5, 0.6) is 5.75 Å². The highest BCUT2D eigenvalue weighted by Gasteiger charge is 2.14. The van der Waals surface area contributed by atoms with E-state index in [1.54, 1.807) is 18.2 Å². The zero-order chi connectivity index (χ0) is 20.1. The normalized spacial score (nSPS) is 12.3. The second kappa shape index (κ2) is 8.58. The van der Waals surface area contributed by atoms with Gasteiger partial charge in [0.2, 0.25) is 5.91 Å². The third kappa shape index (κ3) is 4.50. The minimum atomic E-state index is -0.325. The summed E-state index contributed by atoms with van der Waals surface area (Å²) in [6, 6.07) is 20.9. The van der Waals surface area contributed by atoms with Crippen molar-refractivity contribution in [3.8, 4) is 5.75 Å². The molecule has 3 rings (SSSR count). The van der Waals surface area contributed by atoms with Gasteiger partial charge in [-0.3, -0.25) is 4.79 Å². The van der Waals surface area contributed by atoms with Gasteiger partial charge in [-0.1, -0.05) is 50.2 Å². The molecule has 0 aliphatic heterocycles. The number of hydrogen-bond acceptors (Lipinski definition) is 3. The van der Waals surface area contributed by atoms with Crippen LogP contribution in [0.2, 0.25) is 0 Å². The molecule has 28 heavy (non-hydrogen) atoms. The Kier molecular flexibility index (Phi) is 5.96. The number of rotatable bonds is 6. The average molecular weight is 372 g/mol. The molecule has 0 aliphatic rings. The van der Waals surface area contributed by atoms with E-state index in [1.165, 1.54) is 11.8 Å². The molecule has 0 saturated carbocycles. The molecule has 0 spiro atoms. The van der Waals surface area contributed by atoms with Crippen molar-refractivity contribution in [3.63, 3.8) is 0 Å². The number of aromatic hydroxyl groups is 1. The molecule has 0 bridgehead atoms. The molecule has 4 heteroatoms. The van der Waals surface area contributed by atoms with Crippen molar-refractivity contribution in [3.05, 3.63) is 77.4 Å². The summed E-state index contributed by atoms with van der Waals surface area (Å²) in [5.74, 6) is 0.169. The average Bonchev–Trinajstić information content (AvgIpc) is 2.69. The topological polar surface area (TPSA) is 61.7 Å². The van der Waals surface area contributed by atoms with Crippen LogP contribution in [0.1, 0.15) is 43.4 Å². The molecule has 0 aliphatic carbocycles. The van der Waals surface area contributed by atoms with Gasteiger partial charge in [0.05, 0.1) is 12.1 Å². The van der Waals surface area contributed by atoms with Gasteiger partial charge in [0, 0.05) is 16.3 Å². The molecule has 3 aromatic rings. The summed E-state index contributed by atoms with van der Waals surface area (Å²) in [7, 11) is 0. The summed E-state index contributed by atoms with van der Waals surface area (Å²) in [4.78, 5) is 12.4. The highest BCUT2D eigenvalue weighted by molar-refractivity contribution is 6.02. The van der Waals surface area contributed by atoms with Gasteiger partial charge in [-0.2, -0.15) is 5.10 Å². The van der Waals surface area contributed by atoms with Gasteiger partial charge in [0.25, 0.3) is 0 Å². The van der Waals surface area contributed by atoms with Crippen molar-refractivity contribution >= 4 is 22.9 Å². The van der Waals surface area contributed by atoms with Crippen LogP contribution in [-0.2, 0) is 11.2 Å². The molecule has 0 heterocycles. The minimum absolute atomic E-state index is 0.0962. The monoisotopic (exact) mass is 372 g/mol. The fraction of sp³-hybridized carbons (Fsp3) is 0.250. The lowest BCUT2D eigenvalue weighted by atomic mass is 9.96. The lowest BCUT2D eigenvalue weighted by Crippen LogP contribution is -2.23. The van der Waals surface area contributed by atoms with Crippen molar-refractivity contribution in [2.75, 3.05) is 0 Å². The van der Waals surface area contributed by atoms with Gasteiger partial charge in [0.15, 0.2) is 0 Å². The molecule has 0 saturated heterocycles. The van der Waals surface area contributed by atoms with Crippen LogP contribution < -0.4 is 5.43 Å². The molecule has 1 atom stereocenters. The fourth-order valence-corrected chi connectivity index (χ4v) is 3.12. The standard InChI is InChI=1S/C24H24N2O2/c1-16(2)14-18-8-10-19(11-9-18)17(3)24(28)26-25-15-22-21-7-5-4-6-20(21)12-13-23(22)27/h5,7-13,15-17,27H,14H2,1-3H3,(H,26,28)/b25-15-. The molecule has 142 valence electrons. The number of amides is 1. The molecule has 1 unspecified atom stereocenters. The van der Waals surface area contributed by atoms with Gasteiger partial charge in [-0.25, -0.2) is 5.43 Å². The smallest absolute Gasteiger partial charge is 0.247 e. The number of carbonyl (C=O) groups excluding carboxylic acids is 1. The maximum Gasteiger partial charge on any atom is 0.247 e. The summed E-state index contributed by atoms with van der Waals surface area (Å²) >= 11 is 0. The van der Waals surface area contributed by atoms with Crippen molar-refractivity contribution in [2.24, 2.45) is 11.0 Å². The third-order valence-electron chi connectivity index (χ3n) is 4.69. The first-order valence-electron chi connectivity index (χ1n) is 9.41. The van der Waals surface area contributed by atoms with E-state index in [0.717, 1.165) is 22.8 Å². The number of phenolic OH excluding ortho intramolecular Hbond substituents is 1. The second-order valence-electron chi connectivity index (χ2n) is 7.36. The zero-order valence-electron chi connectivity index (χ0n) is 16.4. The number of fused-ring (bicyclic) bond motifs is 1. The van der Waals surface area contributed by atoms with Crippen molar-refractivity contribution in [1.29, 1.82) is 0 Å². The van der Waals surface area contributed by atoms with E-state index < -0.39 is 0 Å². The lowest BCUT2D eigenvalue weighted by molar-refractivity contribution is -0.122. The van der Waals surface area contributed by atoms with E-state index in [1.807, 2.05) is 25.1 Å². The SMILES string of the molecule is CC(C)Cc1ccc(C(C)C(=O)N/N=C\c2c(O)ccc3c#cccc23)cc1. The molecular formula is C24H24N2O2. The Balaban J connectivity index is 1.69. The number of nitrogens with zero attached hydrogens (tertiary/aromatic N) is 1. The molecule has 4 nitrogen and oxygen atoms in total. The van der Waals surface area contributed by atoms with Gasteiger partial charge < -0.3 is 5.11 Å². The summed E-state index contributed by atoms with van der Waals surface area (Å²) in [5.41, 5.74) is 5.32. The minimum Gasteiger partial charge on any atom is -0.507 e. The first-order valence-corrected chi connectivity index (χ1v) is 9.41. The zero-order valence-corrected chi connectivity index (χ0v) is 16.4. The molecule has 2 N–H and O–H groups in total. The van der Waals surface area contributed by atoms with Gasteiger partial charge in [-0.05, 0) is 54.7 Å². The summed E-state index contributed by atoms with van der Waals surface area (Å²) in [5, 5.41) is 15.8. The lowest BCUT2D eigenvalue weighted by Gasteiger charge is -2.12. The number of benzene rings is 2. The Morgan fingerprint density at radius 2 is 1.89 bits per heavy atom. The number of phenols is 1. The van der Waals surface area contributed by atoms with Gasteiger partial charge in [-0.15, -0.1) is 0 Å². The Morgan fingerprint density at radius 3 is 2.61 bits per heavy atom. The van der Waals surface area contributed by atoms with Crippen molar-refractivity contribution in [1.82, 2.24) is 5.43 Å². The second-order valence-corrected chi connectivity index (χ2v) is 7.36. The maximum atomic E-state index is 12.4. The first-order chi connectivity index (χ1) is 13.5. The molecule has 0 fully saturated rings. The summed E-state index contributed by atoms with van der Waals surface area (Å²) < 4.78 is 0. The van der Waals surface area contributed by atoms with Crippen LogP contribution in [0.4, 0.5) is 0 Å². The van der Waals surface area contributed by atoms with Crippen LogP contribution in [0.15, 0.2) is 53.6 Å². The van der Waals surface area contributed by atoms with Gasteiger partial charge >= 0.3 is 0 Å². The number of nitrogens with one attached hydrogen (secondary N) is 1. The quantitative estimate of drug-likeness (QED) is 0.491. The molecule has 0 aromatic heterocycles. The van der Waals surface area contributed by atoms with Crippen LogP contribution in [0, 0.1) is 18.1 Å². The summed E-state index contributed by atoms with van der Waals surface area (Å²) in [6.45, 7) is 6.22. The largest absolute Gasteiger partial charge is 0.507 e. The van der Waals surface area contributed by atoms with Crippen molar-refractivity contribution in [2.45, 2.75) is 33.1 Å². The van der Waals surface area contributed by atoms with E-state index in [4.69, 9.17) is 0 Å². The Bertz CT molecular complexity index is 991. The first kappa shape index (κ1) is 19.4. The van der Waals surface area contributed by atoms with E-state index in [0.29, 0.717) is 11.5 Å². The van der Waals surface area contributed by atoms with E-state index in [9.17, 15) is 9.90 Å². The van der Waals surface area contributed by atoms with Crippen LogP contribution in [0.3, 0.4) is 0 Å². The van der Waals surface area contributed by atoms with Gasteiger partial charge in [0.1, 0.15) is 5.75 Å². The van der Waals surface area contributed by atoms with E-state index in [2.05, 4.69) is 48.6 Å². The molecule has 3 aromatic carbocycles. The van der Waals surface area contributed by atoms with E-state index in [-0.39, 0.29) is 17.6 Å². The van der Waals surface area contributed by atoms with E-state index >= 15 is 0 Å². The highest BCUT2D eigenvalue weighted by Crippen LogP contribution is 2.24. The van der Waals surface area contributed by atoms with Crippen molar-refractivity contribution < 1.29 is 9.90 Å². The number of hydrazone groups is 1. The fourth-order valence-electron chi connectivity index (χ4n) is 3.12. The third-order valence-corrected chi connectivity index (χ3v) is 4.69. The Labute approximate surface area is 165 Å². The van der Waals surface area contributed by atoms with Crippen LogP contribution in [-0.4, -0.2) is 17.2 Å². The predicted octanol–water partition coefficient (Wildman–Crippen LogP) is 4.60. The summed E-state index contributed by atoms with van der Waals surface area (Å²) in [6.07, 6.45) is 2.48. The van der Waals surface area contributed by atoms with Crippen LogP contribution in [0.25, 0.3) is 10.8 Å². The number of hydrogen-bond donors (Lipinski definition) is 2. The highest BCUT2D eigenvalue weighted by atomic mass is 16.3.